The lowest BCUT2D eigenvalue weighted by atomic mass is 10.00. The molecule has 0 bridgehead atoms. The molecule has 1 heterocycles. The number of hydrogen-bond acceptors (Lipinski definition) is 6. The Morgan fingerprint density at radius 3 is 2.23 bits per heavy atom. The van der Waals surface area contributed by atoms with Crippen molar-refractivity contribution in [3.63, 3.8) is 0 Å². The lowest BCUT2D eigenvalue weighted by molar-refractivity contribution is -0.272. The summed E-state index contributed by atoms with van der Waals surface area (Å²) in [6.45, 7) is -0.461. The zero-order chi connectivity index (χ0) is 10.0. The van der Waals surface area contributed by atoms with Crippen molar-refractivity contribution < 1.29 is 29.0 Å². The highest BCUT2D eigenvalue weighted by molar-refractivity contribution is 9.06. The minimum absolute atomic E-state index is 0.461. The van der Waals surface area contributed by atoms with E-state index in [9.17, 15) is 15.3 Å². The molecule has 13 heavy (non-hydrogen) atoms. The molecule has 1 aliphatic heterocycles. The van der Waals surface area contributed by atoms with Gasteiger partial charge in [-0.2, -0.15) is 0 Å². The molecular weight excluding hydrogens is 248 g/mol. The first-order valence-electron chi connectivity index (χ1n) is 3.69. The van der Waals surface area contributed by atoms with Crippen LogP contribution in [0.1, 0.15) is 0 Å². The number of aliphatic hydroxyl groups excluding tert-OH is 4. The third kappa shape index (κ3) is 2.18. The van der Waals surface area contributed by atoms with Crippen LogP contribution in [0.2, 0.25) is 0 Å². The lowest BCUT2D eigenvalue weighted by Crippen LogP contribution is -2.58. The van der Waals surface area contributed by atoms with Crippen LogP contribution in [0, 0.1) is 0 Å². The SMILES string of the molecule is OC[C@H]1O[C@@H](OBr)[C@H](O)[C@@H](O)[C@H]1O. The summed E-state index contributed by atoms with van der Waals surface area (Å²) in [6.07, 6.45) is -6.12. The molecule has 5 atom stereocenters. The second-order valence-corrected chi connectivity index (χ2v) is 3.16. The Kier molecular flexibility index (Phi) is 4.05. The second-order valence-electron chi connectivity index (χ2n) is 2.79. The van der Waals surface area contributed by atoms with Crippen LogP contribution in [0.25, 0.3) is 0 Å². The first kappa shape index (κ1) is 11.3. The van der Waals surface area contributed by atoms with E-state index in [0.29, 0.717) is 0 Å². The standard InChI is InChI=1S/C6H11BrO6/c7-13-6-5(11)4(10)3(9)2(1-8)12-6/h2-6,8-11H,1H2/t2-,3+,4+,5-,6+/m1/s1. The molecule has 0 aromatic rings. The van der Waals surface area contributed by atoms with E-state index in [1.807, 2.05) is 0 Å². The fourth-order valence-electron chi connectivity index (χ4n) is 1.14. The predicted molar refractivity (Wildman–Crippen MR) is 43.8 cm³/mol. The van der Waals surface area contributed by atoms with Crippen LogP contribution in [0.15, 0.2) is 0 Å². The van der Waals surface area contributed by atoms with Crippen molar-refractivity contribution in [2.24, 2.45) is 0 Å². The molecule has 0 aliphatic carbocycles. The van der Waals surface area contributed by atoms with Gasteiger partial charge in [-0.05, 0) is 0 Å². The van der Waals surface area contributed by atoms with Gasteiger partial charge in [0.1, 0.15) is 40.7 Å². The lowest BCUT2D eigenvalue weighted by Gasteiger charge is -2.38. The summed E-state index contributed by atoms with van der Waals surface area (Å²) in [5.74, 6) is 0. The number of rotatable bonds is 2. The summed E-state index contributed by atoms with van der Waals surface area (Å²) in [6, 6.07) is 0. The molecule has 6 nitrogen and oxygen atoms in total. The summed E-state index contributed by atoms with van der Waals surface area (Å²) < 4.78 is 9.41. The van der Waals surface area contributed by atoms with Gasteiger partial charge in [-0.15, -0.1) is 0 Å². The molecule has 0 amide bonds. The van der Waals surface area contributed by atoms with Crippen molar-refractivity contribution >= 4 is 16.3 Å². The molecule has 1 saturated heterocycles. The molecule has 1 aliphatic rings. The molecule has 78 valence electrons. The van der Waals surface area contributed by atoms with E-state index in [1.54, 1.807) is 0 Å². The van der Waals surface area contributed by atoms with Gasteiger partial charge in [-0.3, -0.25) is 3.83 Å². The van der Waals surface area contributed by atoms with Crippen molar-refractivity contribution in [3.8, 4) is 0 Å². The maximum absolute atomic E-state index is 9.26. The highest BCUT2D eigenvalue weighted by atomic mass is 79.9. The van der Waals surface area contributed by atoms with Crippen LogP contribution in [0.3, 0.4) is 0 Å². The Labute approximate surface area is 83.2 Å². The average molecular weight is 259 g/mol. The third-order valence-electron chi connectivity index (χ3n) is 1.94. The number of aliphatic hydroxyl groups is 4. The minimum Gasteiger partial charge on any atom is -0.394 e. The van der Waals surface area contributed by atoms with Crippen molar-refractivity contribution in [1.29, 1.82) is 0 Å². The molecule has 4 N–H and O–H groups in total. The van der Waals surface area contributed by atoms with E-state index in [2.05, 4.69) is 20.1 Å². The quantitative estimate of drug-likeness (QED) is 0.463. The Bertz CT molecular complexity index is 147. The summed E-state index contributed by atoms with van der Waals surface area (Å²) in [5, 5.41) is 36.5. The monoisotopic (exact) mass is 258 g/mol. The second kappa shape index (κ2) is 4.65. The van der Waals surface area contributed by atoms with Gasteiger partial charge in [-0.25, -0.2) is 0 Å². The third-order valence-corrected chi connectivity index (χ3v) is 2.30. The maximum Gasteiger partial charge on any atom is 0.199 e. The van der Waals surface area contributed by atoms with E-state index >= 15 is 0 Å². The average Bonchev–Trinajstić information content (AvgIpc) is 2.15. The molecular formula is C6H11BrO6. The Morgan fingerprint density at radius 2 is 1.77 bits per heavy atom. The number of ether oxygens (including phenoxy) is 1. The normalized spacial score (nSPS) is 46.4. The van der Waals surface area contributed by atoms with Gasteiger partial charge in [0.25, 0.3) is 0 Å². The zero-order valence-corrected chi connectivity index (χ0v) is 8.16. The molecule has 7 heteroatoms. The van der Waals surface area contributed by atoms with Gasteiger partial charge >= 0.3 is 0 Å². The summed E-state index contributed by atoms with van der Waals surface area (Å²) in [7, 11) is 0. The smallest absolute Gasteiger partial charge is 0.199 e. The van der Waals surface area contributed by atoms with Gasteiger partial charge in [0.15, 0.2) is 6.29 Å². The first-order chi connectivity index (χ1) is 6.11. The van der Waals surface area contributed by atoms with E-state index in [4.69, 9.17) is 9.84 Å². The summed E-state index contributed by atoms with van der Waals surface area (Å²) >= 11 is 2.60. The van der Waals surface area contributed by atoms with Crippen molar-refractivity contribution in [2.75, 3.05) is 6.61 Å². The largest absolute Gasteiger partial charge is 0.394 e. The Balaban J connectivity index is 2.66. The topological polar surface area (TPSA) is 99.4 Å². The number of hydrogen-bond donors (Lipinski definition) is 4. The first-order valence-corrected chi connectivity index (χ1v) is 4.34. The highest BCUT2D eigenvalue weighted by Gasteiger charge is 2.43. The molecule has 0 aromatic carbocycles. The van der Waals surface area contributed by atoms with Crippen LogP contribution < -0.4 is 0 Å². The van der Waals surface area contributed by atoms with Crippen molar-refractivity contribution in [1.82, 2.24) is 0 Å². The van der Waals surface area contributed by atoms with Crippen LogP contribution in [0.4, 0.5) is 0 Å². The predicted octanol–water partition coefficient (Wildman–Crippen LogP) is -1.89. The fourth-order valence-corrected chi connectivity index (χ4v) is 1.45. The van der Waals surface area contributed by atoms with Crippen molar-refractivity contribution in [2.45, 2.75) is 30.7 Å². The fraction of sp³-hybridized carbons (Fsp3) is 1.00. The van der Waals surface area contributed by atoms with E-state index in [1.165, 1.54) is 0 Å². The molecule has 0 unspecified atom stereocenters. The van der Waals surface area contributed by atoms with Crippen LogP contribution in [-0.4, -0.2) is 57.7 Å². The summed E-state index contributed by atoms with van der Waals surface area (Å²) in [4.78, 5) is 0. The molecule has 0 aromatic heterocycles. The Morgan fingerprint density at radius 1 is 1.15 bits per heavy atom. The molecule has 0 radical (unpaired) electrons. The van der Waals surface area contributed by atoms with Crippen molar-refractivity contribution in [3.05, 3.63) is 0 Å². The Hall–Kier alpha value is 0.240. The highest BCUT2D eigenvalue weighted by Crippen LogP contribution is 2.22. The van der Waals surface area contributed by atoms with Crippen LogP contribution in [-0.2, 0) is 8.57 Å². The van der Waals surface area contributed by atoms with Crippen LogP contribution in [0.5, 0.6) is 0 Å². The van der Waals surface area contributed by atoms with Crippen LogP contribution >= 0.6 is 16.3 Å². The molecule has 0 spiro atoms. The van der Waals surface area contributed by atoms with E-state index < -0.39 is 37.3 Å². The van der Waals surface area contributed by atoms with Gasteiger partial charge in [0, 0.05) is 0 Å². The minimum atomic E-state index is -1.39. The molecule has 1 rings (SSSR count). The van der Waals surface area contributed by atoms with Gasteiger partial charge in [0.05, 0.1) is 6.61 Å². The van der Waals surface area contributed by atoms with E-state index in [0.717, 1.165) is 0 Å². The van der Waals surface area contributed by atoms with E-state index in [-0.39, 0.29) is 0 Å². The van der Waals surface area contributed by atoms with Gasteiger partial charge < -0.3 is 25.2 Å². The van der Waals surface area contributed by atoms with Gasteiger partial charge in [-0.1, -0.05) is 0 Å². The molecule has 1 fully saturated rings. The molecule has 0 saturated carbocycles. The van der Waals surface area contributed by atoms with Gasteiger partial charge in [0.2, 0.25) is 0 Å². The summed E-state index contributed by atoms with van der Waals surface area (Å²) in [5.41, 5.74) is 0. The maximum atomic E-state index is 9.26. The number of halogens is 1. The zero-order valence-electron chi connectivity index (χ0n) is 6.58.